The van der Waals surface area contributed by atoms with Crippen molar-refractivity contribution < 1.29 is 54.6 Å². The summed E-state index contributed by atoms with van der Waals surface area (Å²) < 4.78 is 101. The fourth-order valence-electron chi connectivity index (χ4n) is 9.16. The highest BCUT2D eigenvalue weighted by atomic mass is 32.2. The smallest absolute Gasteiger partial charge is 0.408 e. The number of halogens is 4. The van der Waals surface area contributed by atoms with Gasteiger partial charge in [-0.1, -0.05) is 40.2 Å². The average molecular weight is 904 g/mol. The first kappa shape index (κ1) is 45.9. The summed E-state index contributed by atoms with van der Waals surface area (Å²) in [5, 5.41) is 14.6. The van der Waals surface area contributed by atoms with Crippen LogP contribution in [0.4, 0.5) is 22.4 Å². The van der Waals surface area contributed by atoms with E-state index in [2.05, 4.69) is 27.2 Å². The monoisotopic (exact) mass is 903 g/mol. The molecule has 3 N–H and O–H groups in total. The summed E-state index contributed by atoms with van der Waals surface area (Å²) in [5.41, 5.74) is -3.99. The van der Waals surface area contributed by atoms with E-state index in [-0.39, 0.29) is 47.7 Å². The number of aromatic nitrogens is 2. The number of carbonyl (C=O) groups excluding carboxylic acids is 4. The Balaban J connectivity index is 1.30. The Hall–Kier alpha value is -5.06. The van der Waals surface area contributed by atoms with E-state index in [0.717, 1.165) is 4.90 Å². The van der Waals surface area contributed by atoms with Gasteiger partial charge >= 0.3 is 6.09 Å². The molecule has 5 aliphatic rings. The third-order valence-corrected chi connectivity index (χ3v) is 15.7. The lowest BCUT2D eigenvalue weighted by Gasteiger charge is -2.36. The number of alkyl carbamates (subject to hydrolysis) is 1. The summed E-state index contributed by atoms with van der Waals surface area (Å²) >= 11 is 0. The first-order chi connectivity index (χ1) is 29.4. The molecule has 3 saturated carbocycles. The van der Waals surface area contributed by atoms with Crippen LogP contribution in [-0.4, -0.2) is 94.6 Å². The van der Waals surface area contributed by atoms with Crippen molar-refractivity contribution in [2.24, 2.45) is 29.1 Å². The minimum Gasteiger partial charge on any atom is -0.471 e. The zero-order valence-electron chi connectivity index (χ0n) is 35.8. The van der Waals surface area contributed by atoms with Gasteiger partial charge in [-0.25, -0.2) is 32.0 Å². The Kier molecular flexibility index (Phi) is 12.0. The van der Waals surface area contributed by atoms with E-state index in [4.69, 9.17) is 9.47 Å². The fourth-order valence-corrected chi connectivity index (χ4v) is 10.5. The number of allylic oxidation sites excluding steroid dienone is 1. The summed E-state index contributed by atoms with van der Waals surface area (Å²) in [6, 6.07) is 3.06. The van der Waals surface area contributed by atoms with Crippen molar-refractivity contribution in [1.29, 1.82) is 5.26 Å². The van der Waals surface area contributed by atoms with E-state index in [1.807, 2.05) is 10.8 Å². The number of nitrogens with one attached hydrogen (secondary N) is 3. The molecule has 342 valence electrons. The number of alkyl halides is 4. The van der Waals surface area contributed by atoms with Crippen molar-refractivity contribution in [3.8, 4) is 11.9 Å². The van der Waals surface area contributed by atoms with E-state index < -0.39 is 129 Å². The number of ether oxygens (including phenoxy) is 2. The predicted molar refractivity (Wildman–Crippen MR) is 218 cm³/mol. The second-order valence-corrected chi connectivity index (χ2v) is 21.4. The zero-order chi connectivity index (χ0) is 46.0. The number of hydrogen-bond donors (Lipinski definition) is 3. The topological polar surface area (TPSA) is 210 Å². The zero-order valence-corrected chi connectivity index (χ0v) is 36.6. The normalized spacial score (nSPS) is 31.8. The van der Waals surface area contributed by atoms with Gasteiger partial charge in [0, 0.05) is 12.3 Å². The van der Waals surface area contributed by atoms with Crippen LogP contribution in [0.5, 0.6) is 5.88 Å². The molecule has 2 bridgehead atoms. The molecule has 1 aromatic heterocycles. The largest absolute Gasteiger partial charge is 0.471 e. The number of fused-ring (bicyclic) bond motifs is 5. The Morgan fingerprint density at radius 3 is 2.41 bits per heavy atom. The van der Waals surface area contributed by atoms with Gasteiger partial charge in [-0.15, -0.1) is 6.58 Å². The molecule has 20 heteroatoms. The van der Waals surface area contributed by atoms with Crippen LogP contribution >= 0.6 is 0 Å². The van der Waals surface area contributed by atoms with Crippen LogP contribution in [0.15, 0.2) is 30.9 Å². The molecular weight excluding hydrogens is 851 g/mol. The number of benzene rings is 1. The van der Waals surface area contributed by atoms with Crippen molar-refractivity contribution >= 4 is 44.9 Å². The summed E-state index contributed by atoms with van der Waals surface area (Å²) in [4.78, 5) is 66.6. The predicted octanol–water partition coefficient (Wildman–Crippen LogP) is 5.62. The molecule has 0 radical (unpaired) electrons. The summed E-state index contributed by atoms with van der Waals surface area (Å²) in [7, 11) is -4.33. The first-order valence-electron chi connectivity index (χ1n) is 21.3. The molecule has 3 heterocycles. The standard InChI is InChI=1S/C43H53F4N7O8S/c1-7-23-16-25-10-8-9-13-43(46,47)32-36(50-28-17-24(20-48)11-12-27(28)49-32)61-30-21-54(37(56)33(40(3,4)5)51-39(58)62-29(25)18-23)31(22(30)2)35(55)52-42(19-26(42)34(44)45)38(57)53-63(59,60)41(6)14-15-41/h7,11-12,17,22-23,25-26,29-31,33-34H,1,8-10,13-16,18-19,21H2,2-6H3,(H,51,58)(H,52,55)(H,53,57)/t22-,23-,25-,26+,29-,30+,31+,33-,42-/m1/s1. The Morgan fingerprint density at radius 1 is 1.08 bits per heavy atom. The van der Waals surface area contributed by atoms with Gasteiger partial charge in [0.15, 0.2) is 5.69 Å². The molecule has 63 heavy (non-hydrogen) atoms. The third kappa shape index (κ3) is 8.90. The number of nitrogens with zero attached hydrogens (tertiary/aromatic N) is 4. The van der Waals surface area contributed by atoms with Gasteiger partial charge in [0.1, 0.15) is 29.8 Å². The van der Waals surface area contributed by atoms with Crippen molar-refractivity contribution in [3.05, 3.63) is 42.1 Å². The van der Waals surface area contributed by atoms with E-state index in [0.29, 0.717) is 25.7 Å². The van der Waals surface area contributed by atoms with E-state index >= 15 is 8.78 Å². The molecule has 9 atom stereocenters. The van der Waals surface area contributed by atoms with Crippen molar-refractivity contribution in [2.75, 3.05) is 6.54 Å². The SMILES string of the molecule is C=C[C@@H]1C[C@H]2CCCCC(F)(F)c3nc4ccc(C#N)cc4nc3O[C@H]3CN(C(=O)[C@H](C(C)(C)C)NC(=O)O[C@@H]2C1)[C@H](C(=O)N[C@]1(C(=O)NS(=O)(=O)C2(C)CC2)C[C@H]1C(F)F)[C@@H]3C. The Bertz CT molecular complexity index is 2350. The van der Waals surface area contributed by atoms with Crippen molar-refractivity contribution in [3.63, 3.8) is 0 Å². The number of amides is 4. The Morgan fingerprint density at radius 2 is 1.79 bits per heavy atom. The second-order valence-electron chi connectivity index (χ2n) is 19.2. The lowest BCUT2D eigenvalue weighted by molar-refractivity contribution is -0.143. The maximum atomic E-state index is 16.5. The molecule has 3 aliphatic carbocycles. The molecule has 2 aromatic rings. The molecule has 1 aromatic carbocycles. The second kappa shape index (κ2) is 16.5. The van der Waals surface area contributed by atoms with Crippen LogP contribution in [0.1, 0.15) is 104 Å². The maximum absolute atomic E-state index is 16.5. The third-order valence-electron chi connectivity index (χ3n) is 13.6. The van der Waals surface area contributed by atoms with Crippen molar-refractivity contribution in [1.82, 2.24) is 30.2 Å². The van der Waals surface area contributed by atoms with Gasteiger partial charge in [-0.3, -0.25) is 19.1 Å². The molecule has 2 aliphatic heterocycles. The number of sulfonamides is 1. The highest BCUT2D eigenvalue weighted by molar-refractivity contribution is 7.91. The molecule has 0 spiro atoms. The molecule has 1 saturated heterocycles. The molecule has 0 unspecified atom stereocenters. The number of hydrogen-bond acceptors (Lipinski definition) is 11. The van der Waals surface area contributed by atoms with Crippen LogP contribution < -0.4 is 20.1 Å². The number of carbonyl (C=O) groups is 4. The average Bonchev–Trinajstić information content (AvgIpc) is 4.07. The van der Waals surface area contributed by atoms with Crippen LogP contribution in [0.3, 0.4) is 0 Å². The minimum absolute atomic E-state index is 0.0155. The van der Waals surface area contributed by atoms with Crippen LogP contribution in [0, 0.1) is 40.4 Å². The van der Waals surface area contributed by atoms with Crippen LogP contribution in [0.2, 0.25) is 0 Å². The lowest BCUT2D eigenvalue weighted by atomic mass is 9.85. The molecular formula is C43H53F4N7O8S. The number of rotatable bonds is 7. The quantitative estimate of drug-likeness (QED) is 0.229. The van der Waals surface area contributed by atoms with Gasteiger partial charge in [-0.2, -0.15) is 14.0 Å². The fraction of sp³-hybridized carbons (Fsp3) is 0.651. The van der Waals surface area contributed by atoms with Gasteiger partial charge in [0.05, 0.1) is 39.9 Å². The summed E-state index contributed by atoms with van der Waals surface area (Å²) in [6.45, 7) is 11.2. The van der Waals surface area contributed by atoms with Crippen LogP contribution in [0.25, 0.3) is 11.0 Å². The molecule has 7 rings (SSSR count). The summed E-state index contributed by atoms with van der Waals surface area (Å²) in [5.74, 6) is -10.7. The highest BCUT2D eigenvalue weighted by Crippen LogP contribution is 2.50. The highest BCUT2D eigenvalue weighted by Gasteiger charge is 2.68. The first-order valence-corrected chi connectivity index (χ1v) is 22.8. The number of nitriles is 1. The van der Waals surface area contributed by atoms with Crippen molar-refractivity contribution in [2.45, 2.75) is 139 Å². The van der Waals surface area contributed by atoms with Gasteiger partial charge in [0.2, 0.25) is 34.1 Å². The van der Waals surface area contributed by atoms with E-state index in [9.17, 15) is 41.6 Å². The van der Waals surface area contributed by atoms with Gasteiger partial charge < -0.3 is 25.0 Å². The van der Waals surface area contributed by atoms with Gasteiger partial charge in [-0.05, 0) is 87.3 Å². The minimum atomic E-state index is -4.33. The molecule has 4 amide bonds. The maximum Gasteiger partial charge on any atom is 0.408 e. The lowest BCUT2D eigenvalue weighted by Crippen LogP contribution is -2.61. The summed E-state index contributed by atoms with van der Waals surface area (Å²) in [6.07, 6.45) is -3.24. The van der Waals surface area contributed by atoms with E-state index in [1.165, 1.54) is 32.0 Å². The molecule has 15 nitrogen and oxygen atoms in total. The van der Waals surface area contributed by atoms with E-state index in [1.54, 1.807) is 26.8 Å². The molecule has 4 fully saturated rings. The Labute approximate surface area is 363 Å². The van der Waals surface area contributed by atoms with Gasteiger partial charge in [0.25, 0.3) is 11.8 Å². The van der Waals surface area contributed by atoms with Crippen LogP contribution in [-0.2, 0) is 35.1 Å².